The molecule has 0 saturated carbocycles. The molecule has 2 atom stereocenters. The number of carbonyl (C=O) groups is 2. The maximum atomic E-state index is 12.4. The maximum Gasteiger partial charge on any atom is 0.326 e. The van der Waals surface area contributed by atoms with Crippen molar-refractivity contribution in [2.45, 2.75) is 26.3 Å². The second-order valence-electron chi connectivity index (χ2n) is 5.05. The molecule has 0 spiro atoms. The molecule has 19 heavy (non-hydrogen) atoms. The number of nitrogens with zero attached hydrogens (tertiary/aromatic N) is 1. The van der Waals surface area contributed by atoms with E-state index >= 15 is 0 Å². The first-order valence-electron chi connectivity index (χ1n) is 6.25. The zero-order valence-electron chi connectivity index (χ0n) is 11.0. The van der Waals surface area contributed by atoms with Crippen LogP contribution in [0.5, 0.6) is 5.75 Å². The van der Waals surface area contributed by atoms with Crippen LogP contribution in [0.2, 0.25) is 0 Å². The Morgan fingerprint density at radius 2 is 2.05 bits per heavy atom. The van der Waals surface area contributed by atoms with Gasteiger partial charge in [-0.3, -0.25) is 4.79 Å². The molecule has 102 valence electrons. The minimum atomic E-state index is -0.964. The molecule has 2 N–H and O–H groups in total. The highest BCUT2D eigenvalue weighted by Gasteiger charge is 2.39. The number of aromatic hydroxyl groups is 1. The molecule has 1 amide bonds. The van der Waals surface area contributed by atoms with Gasteiger partial charge in [0, 0.05) is 12.1 Å². The molecule has 5 heteroatoms. The third-order valence-corrected chi connectivity index (χ3v) is 3.66. The smallest absolute Gasteiger partial charge is 0.326 e. The van der Waals surface area contributed by atoms with Gasteiger partial charge in [-0.2, -0.15) is 0 Å². The normalized spacial score (nSPS) is 22.5. The minimum Gasteiger partial charge on any atom is -0.508 e. The molecule has 0 bridgehead atoms. The van der Waals surface area contributed by atoms with Crippen molar-refractivity contribution in [2.24, 2.45) is 5.92 Å². The minimum absolute atomic E-state index is 0.0420. The Balaban J connectivity index is 2.28. The highest BCUT2D eigenvalue weighted by Crippen LogP contribution is 2.27. The summed E-state index contributed by atoms with van der Waals surface area (Å²) in [5.41, 5.74) is 1.01. The van der Waals surface area contributed by atoms with E-state index in [2.05, 4.69) is 0 Å². The molecule has 1 aliphatic rings. The number of rotatable bonds is 2. The van der Waals surface area contributed by atoms with E-state index in [9.17, 15) is 19.8 Å². The van der Waals surface area contributed by atoms with E-state index in [1.165, 1.54) is 17.0 Å². The van der Waals surface area contributed by atoms with Crippen LogP contribution in [0.25, 0.3) is 0 Å². The number of phenolic OH excluding ortho intramolecular Hbond substituents is 1. The first-order valence-corrected chi connectivity index (χ1v) is 6.25. The Kier molecular flexibility index (Phi) is 3.46. The fraction of sp³-hybridized carbons (Fsp3) is 0.429. The van der Waals surface area contributed by atoms with E-state index < -0.39 is 12.0 Å². The van der Waals surface area contributed by atoms with Gasteiger partial charge in [0.25, 0.3) is 5.91 Å². The van der Waals surface area contributed by atoms with Gasteiger partial charge in [0.05, 0.1) is 0 Å². The number of aliphatic carboxylic acids is 1. The van der Waals surface area contributed by atoms with Crippen molar-refractivity contribution in [1.29, 1.82) is 0 Å². The quantitative estimate of drug-likeness (QED) is 0.850. The van der Waals surface area contributed by atoms with Crippen LogP contribution in [0.15, 0.2) is 18.2 Å². The molecule has 0 radical (unpaired) electrons. The van der Waals surface area contributed by atoms with Crippen molar-refractivity contribution in [3.63, 3.8) is 0 Å². The fourth-order valence-corrected chi connectivity index (χ4v) is 2.51. The van der Waals surface area contributed by atoms with Crippen LogP contribution in [0.4, 0.5) is 0 Å². The molecule has 1 fully saturated rings. The van der Waals surface area contributed by atoms with Crippen molar-refractivity contribution in [3.8, 4) is 5.75 Å². The van der Waals surface area contributed by atoms with Crippen molar-refractivity contribution in [1.82, 2.24) is 4.90 Å². The summed E-state index contributed by atoms with van der Waals surface area (Å²) in [6, 6.07) is 3.80. The maximum absolute atomic E-state index is 12.4. The Hall–Kier alpha value is -2.04. The van der Waals surface area contributed by atoms with Gasteiger partial charge in [-0.25, -0.2) is 4.79 Å². The van der Waals surface area contributed by atoms with E-state index in [1.807, 2.05) is 6.92 Å². The van der Waals surface area contributed by atoms with Gasteiger partial charge < -0.3 is 15.1 Å². The zero-order valence-corrected chi connectivity index (χ0v) is 11.0. The predicted molar refractivity (Wildman–Crippen MR) is 69.1 cm³/mol. The molecule has 1 aromatic carbocycles. The predicted octanol–water partition coefficient (Wildman–Crippen LogP) is 1.64. The number of carboxylic acid groups (broad SMARTS) is 1. The number of amides is 1. The molecular formula is C14H17NO4. The number of hydrogen-bond donors (Lipinski definition) is 2. The van der Waals surface area contributed by atoms with Crippen LogP contribution < -0.4 is 0 Å². The second-order valence-corrected chi connectivity index (χ2v) is 5.05. The van der Waals surface area contributed by atoms with Gasteiger partial charge in [0.15, 0.2) is 0 Å². The van der Waals surface area contributed by atoms with Gasteiger partial charge in [0.2, 0.25) is 0 Å². The van der Waals surface area contributed by atoms with E-state index in [-0.39, 0.29) is 17.6 Å². The summed E-state index contributed by atoms with van der Waals surface area (Å²) in [6.45, 7) is 4.00. The van der Waals surface area contributed by atoms with Crippen LogP contribution in [0.3, 0.4) is 0 Å². The lowest BCUT2D eigenvalue weighted by atomic mass is 10.0. The third kappa shape index (κ3) is 2.41. The monoisotopic (exact) mass is 263 g/mol. The zero-order chi connectivity index (χ0) is 14.2. The van der Waals surface area contributed by atoms with E-state index in [0.29, 0.717) is 24.1 Å². The Morgan fingerprint density at radius 1 is 1.37 bits per heavy atom. The van der Waals surface area contributed by atoms with E-state index in [1.54, 1.807) is 13.0 Å². The fourth-order valence-electron chi connectivity index (χ4n) is 2.51. The van der Waals surface area contributed by atoms with Crippen LogP contribution >= 0.6 is 0 Å². The Morgan fingerprint density at radius 3 is 2.63 bits per heavy atom. The van der Waals surface area contributed by atoms with Gasteiger partial charge in [-0.15, -0.1) is 0 Å². The standard InChI is InChI=1S/C14H17NO4/c1-8-5-6-15(12(8)14(18)19)13(17)10-3-4-11(16)9(2)7-10/h3-4,7-8,12,16H,5-6H2,1-2H3,(H,18,19). The summed E-state index contributed by atoms with van der Waals surface area (Å²) in [7, 11) is 0. The van der Waals surface area contributed by atoms with Crippen LogP contribution in [-0.4, -0.2) is 39.6 Å². The number of likely N-dealkylation sites (tertiary alicyclic amines) is 1. The van der Waals surface area contributed by atoms with E-state index in [0.717, 1.165) is 0 Å². The lowest BCUT2D eigenvalue weighted by Crippen LogP contribution is -2.42. The van der Waals surface area contributed by atoms with E-state index in [4.69, 9.17) is 0 Å². The van der Waals surface area contributed by atoms with Crippen LogP contribution in [-0.2, 0) is 4.79 Å². The number of hydrogen-bond acceptors (Lipinski definition) is 3. The molecule has 0 aliphatic carbocycles. The summed E-state index contributed by atoms with van der Waals surface area (Å²) >= 11 is 0. The van der Waals surface area contributed by atoms with Crippen molar-refractivity contribution in [2.75, 3.05) is 6.54 Å². The summed E-state index contributed by atoms with van der Waals surface area (Å²) in [5.74, 6) is -1.17. The largest absolute Gasteiger partial charge is 0.508 e. The van der Waals surface area contributed by atoms with Crippen LogP contribution in [0, 0.1) is 12.8 Å². The highest BCUT2D eigenvalue weighted by molar-refractivity contribution is 5.97. The highest BCUT2D eigenvalue weighted by atomic mass is 16.4. The number of phenols is 1. The van der Waals surface area contributed by atoms with Gasteiger partial charge in [-0.05, 0) is 43.0 Å². The molecular weight excluding hydrogens is 246 g/mol. The number of aryl methyl sites for hydroxylation is 1. The number of carboxylic acids is 1. The molecule has 1 saturated heterocycles. The first kappa shape index (κ1) is 13.4. The summed E-state index contributed by atoms with van der Waals surface area (Å²) < 4.78 is 0. The Bertz CT molecular complexity index is 526. The average Bonchev–Trinajstić information content (AvgIpc) is 2.74. The lowest BCUT2D eigenvalue weighted by Gasteiger charge is -2.23. The topological polar surface area (TPSA) is 77.8 Å². The SMILES string of the molecule is Cc1cc(C(=O)N2CCC(C)C2C(=O)O)ccc1O. The molecule has 0 aromatic heterocycles. The van der Waals surface area contributed by atoms with Gasteiger partial charge in [0.1, 0.15) is 11.8 Å². The van der Waals surface area contributed by atoms with Gasteiger partial charge in [-0.1, -0.05) is 6.92 Å². The molecule has 1 aromatic rings. The van der Waals surface area contributed by atoms with Crippen molar-refractivity contribution >= 4 is 11.9 Å². The molecule has 2 rings (SSSR count). The third-order valence-electron chi connectivity index (χ3n) is 3.66. The Labute approximate surface area is 111 Å². The summed E-state index contributed by atoms with van der Waals surface area (Å²) in [5, 5.41) is 18.7. The molecule has 1 aliphatic heterocycles. The molecule has 2 unspecified atom stereocenters. The van der Waals surface area contributed by atoms with Crippen LogP contribution in [0.1, 0.15) is 29.3 Å². The van der Waals surface area contributed by atoms with Crippen molar-refractivity contribution < 1.29 is 19.8 Å². The first-order chi connectivity index (χ1) is 8.91. The average molecular weight is 263 g/mol. The molecule has 5 nitrogen and oxygen atoms in total. The number of carbonyl (C=O) groups excluding carboxylic acids is 1. The summed E-state index contributed by atoms with van der Waals surface area (Å²) in [4.78, 5) is 25.0. The van der Waals surface area contributed by atoms with Gasteiger partial charge >= 0.3 is 5.97 Å². The lowest BCUT2D eigenvalue weighted by molar-refractivity contribution is -0.142. The number of benzene rings is 1. The summed E-state index contributed by atoms with van der Waals surface area (Å²) in [6.07, 6.45) is 0.694. The van der Waals surface area contributed by atoms with Crippen molar-refractivity contribution in [3.05, 3.63) is 29.3 Å². The molecule has 1 heterocycles. The second kappa shape index (κ2) is 4.91.